The molecular formula is C11H14Cl2FNO. The van der Waals surface area contributed by atoms with Gasteiger partial charge in [0.15, 0.2) is 5.82 Å². The van der Waals surface area contributed by atoms with Crippen LogP contribution in [0.4, 0.5) is 10.1 Å². The van der Waals surface area contributed by atoms with Gasteiger partial charge in [-0.25, -0.2) is 4.39 Å². The Labute approximate surface area is 105 Å². The van der Waals surface area contributed by atoms with Crippen LogP contribution in [0, 0.1) is 11.7 Å². The van der Waals surface area contributed by atoms with Gasteiger partial charge in [-0.3, -0.25) is 0 Å². The minimum absolute atomic E-state index is 0.0226. The molecule has 0 aliphatic carbocycles. The van der Waals surface area contributed by atoms with E-state index in [2.05, 4.69) is 5.32 Å². The number of hydrogen-bond acceptors (Lipinski definition) is 2. The maximum absolute atomic E-state index is 13.1. The van der Waals surface area contributed by atoms with E-state index in [4.69, 9.17) is 27.9 Å². The SMILES string of the molecule is COCC(C)CNc1cc(Cl)c(F)c(Cl)c1. The molecule has 0 heterocycles. The third kappa shape index (κ3) is 3.81. The summed E-state index contributed by atoms with van der Waals surface area (Å²) < 4.78 is 18.1. The number of anilines is 1. The second-order valence-corrected chi connectivity index (χ2v) is 4.51. The largest absolute Gasteiger partial charge is 0.385 e. The van der Waals surface area contributed by atoms with Crippen molar-refractivity contribution < 1.29 is 9.13 Å². The molecule has 0 aliphatic rings. The second kappa shape index (κ2) is 6.28. The quantitative estimate of drug-likeness (QED) is 0.818. The molecule has 0 bridgehead atoms. The van der Waals surface area contributed by atoms with E-state index in [-0.39, 0.29) is 10.0 Å². The molecule has 1 N–H and O–H groups in total. The van der Waals surface area contributed by atoms with Gasteiger partial charge in [0.1, 0.15) is 0 Å². The van der Waals surface area contributed by atoms with Crippen molar-refractivity contribution in [2.45, 2.75) is 6.92 Å². The number of rotatable bonds is 5. The highest BCUT2D eigenvalue weighted by molar-refractivity contribution is 6.35. The van der Waals surface area contributed by atoms with E-state index < -0.39 is 5.82 Å². The number of methoxy groups -OCH3 is 1. The highest BCUT2D eigenvalue weighted by Crippen LogP contribution is 2.27. The van der Waals surface area contributed by atoms with Crippen LogP contribution in [0.15, 0.2) is 12.1 Å². The van der Waals surface area contributed by atoms with Gasteiger partial charge >= 0.3 is 0 Å². The van der Waals surface area contributed by atoms with E-state index >= 15 is 0 Å². The van der Waals surface area contributed by atoms with Crippen LogP contribution in [0.5, 0.6) is 0 Å². The number of benzene rings is 1. The lowest BCUT2D eigenvalue weighted by molar-refractivity contribution is 0.164. The van der Waals surface area contributed by atoms with E-state index in [1.54, 1.807) is 7.11 Å². The first kappa shape index (κ1) is 13.6. The summed E-state index contributed by atoms with van der Waals surface area (Å²) in [5.74, 6) is -0.230. The number of nitrogens with one attached hydrogen (secondary N) is 1. The van der Waals surface area contributed by atoms with Crippen molar-refractivity contribution >= 4 is 28.9 Å². The minimum Gasteiger partial charge on any atom is -0.385 e. The molecule has 1 aromatic rings. The van der Waals surface area contributed by atoms with Gasteiger partial charge in [-0.1, -0.05) is 30.1 Å². The molecule has 5 heteroatoms. The molecule has 90 valence electrons. The molecule has 0 saturated carbocycles. The van der Waals surface area contributed by atoms with Crippen LogP contribution in [0.1, 0.15) is 6.92 Å². The third-order valence-electron chi connectivity index (χ3n) is 2.09. The van der Waals surface area contributed by atoms with Crippen molar-refractivity contribution in [3.8, 4) is 0 Å². The molecule has 2 nitrogen and oxygen atoms in total. The van der Waals surface area contributed by atoms with Gasteiger partial charge in [-0.15, -0.1) is 0 Å². The zero-order valence-electron chi connectivity index (χ0n) is 9.19. The van der Waals surface area contributed by atoms with Gasteiger partial charge < -0.3 is 10.1 Å². The Balaban J connectivity index is 2.61. The number of hydrogen-bond donors (Lipinski definition) is 1. The standard InChI is InChI=1S/C11H14Cl2FNO/c1-7(6-16-2)5-15-8-3-9(12)11(14)10(13)4-8/h3-4,7,15H,5-6H2,1-2H3. The average Bonchev–Trinajstić information content (AvgIpc) is 2.23. The van der Waals surface area contributed by atoms with Crippen LogP contribution >= 0.6 is 23.2 Å². The van der Waals surface area contributed by atoms with Crippen LogP contribution in [0.2, 0.25) is 10.0 Å². The Hall–Kier alpha value is -0.510. The van der Waals surface area contributed by atoms with Crippen molar-refractivity contribution in [1.82, 2.24) is 0 Å². The molecule has 1 aromatic carbocycles. The molecule has 0 amide bonds. The van der Waals surface area contributed by atoms with Crippen LogP contribution < -0.4 is 5.32 Å². The molecule has 0 aliphatic heterocycles. The molecule has 16 heavy (non-hydrogen) atoms. The first-order valence-electron chi connectivity index (χ1n) is 4.92. The monoisotopic (exact) mass is 265 g/mol. The van der Waals surface area contributed by atoms with Gasteiger partial charge in [0.25, 0.3) is 0 Å². The zero-order valence-corrected chi connectivity index (χ0v) is 10.7. The summed E-state index contributed by atoms with van der Waals surface area (Å²) in [6.07, 6.45) is 0. The van der Waals surface area contributed by atoms with Gasteiger partial charge in [0, 0.05) is 19.3 Å². The molecule has 0 aromatic heterocycles. The van der Waals surface area contributed by atoms with Crippen molar-refractivity contribution in [2.75, 3.05) is 25.6 Å². The Morgan fingerprint density at radius 1 is 1.38 bits per heavy atom. The van der Waals surface area contributed by atoms with Gasteiger partial charge in [-0.05, 0) is 18.1 Å². The van der Waals surface area contributed by atoms with E-state index in [1.807, 2.05) is 6.92 Å². The zero-order chi connectivity index (χ0) is 12.1. The van der Waals surface area contributed by atoms with Crippen molar-refractivity contribution in [3.63, 3.8) is 0 Å². The van der Waals surface area contributed by atoms with E-state index in [0.29, 0.717) is 24.8 Å². The summed E-state index contributed by atoms with van der Waals surface area (Å²) in [5.41, 5.74) is 0.708. The van der Waals surface area contributed by atoms with Gasteiger partial charge in [0.2, 0.25) is 0 Å². The fraction of sp³-hybridized carbons (Fsp3) is 0.455. The molecule has 1 rings (SSSR count). The van der Waals surface area contributed by atoms with Crippen molar-refractivity contribution in [3.05, 3.63) is 28.0 Å². The fourth-order valence-corrected chi connectivity index (χ4v) is 1.78. The normalized spacial score (nSPS) is 12.6. The summed E-state index contributed by atoms with van der Waals surface area (Å²) in [6.45, 7) is 3.42. The second-order valence-electron chi connectivity index (χ2n) is 3.70. The molecule has 1 atom stereocenters. The summed E-state index contributed by atoms with van der Waals surface area (Å²) in [6, 6.07) is 3.03. The van der Waals surface area contributed by atoms with Crippen molar-refractivity contribution in [2.24, 2.45) is 5.92 Å². The Bertz CT molecular complexity index is 337. The first-order chi connectivity index (χ1) is 7.54. The Kier molecular flexibility index (Phi) is 5.32. The third-order valence-corrected chi connectivity index (χ3v) is 2.64. The van der Waals surface area contributed by atoms with E-state index in [9.17, 15) is 4.39 Å². The minimum atomic E-state index is -0.584. The van der Waals surface area contributed by atoms with Gasteiger partial charge in [0.05, 0.1) is 16.7 Å². The molecule has 0 spiro atoms. The summed E-state index contributed by atoms with van der Waals surface area (Å²) >= 11 is 11.3. The lowest BCUT2D eigenvalue weighted by atomic mass is 10.2. The van der Waals surface area contributed by atoms with Crippen LogP contribution in [0.25, 0.3) is 0 Å². The fourth-order valence-electron chi connectivity index (χ4n) is 1.29. The molecule has 0 saturated heterocycles. The predicted octanol–water partition coefficient (Wildman–Crippen LogP) is 3.83. The van der Waals surface area contributed by atoms with Crippen molar-refractivity contribution in [1.29, 1.82) is 0 Å². The Morgan fingerprint density at radius 3 is 2.44 bits per heavy atom. The molecular weight excluding hydrogens is 252 g/mol. The lowest BCUT2D eigenvalue weighted by Crippen LogP contribution is -2.15. The number of halogens is 3. The number of ether oxygens (including phenoxy) is 1. The topological polar surface area (TPSA) is 21.3 Å². The van der Waals surface area contributed by atoms with Gasteiger partial charge in [-0.2, -0.15) is 0 Å². The lowest BCUT2D eigenvalue weighted by Gasteiger charge is -2.13. The highest BCUT2D eigenvalue weighted by Gasteiger charge is 2.08. The van der Waals surface area contributed by atoms with Crippen LogP contribution in [-0.4, -0.2) is 20.3 Å². The maximum atomic E-state index is 13.1. The Morgan fingerprint density at radius 2 is 1.94 bits per heavy atom. The first-order valence-corrected chi connectivity index (χ1v) is 5.67. The van der Waals surface area contributed by atoms with Crippen LogP contribution in [-0.2, 0) is 4.74 Å². The van der Waals surface area contributed by atoms with E-state index in [1.165, 1.54) is 12.1 Å². The predicted molar refractivity (Wildman–Crippen MR) is 65.9 cm³/mol. The smallest absolute Gasteiger partial charge is 0.160 e. The summed E-state index contributed by atoms with van der Waals surface area (Å²) in [7, 11) is 1.65. The molecule has 0 radical (unpaired) electrons. The van der Waals surface area contributed by atoms with E-state index in [0.717, 1.165) is 0 Å². The maximum Gasteiger partial charge on any atom is 0.160 e. The molecule has 0 fully saturated rings. The average molecular weight is 266 g/mol. The highest BCUT2D eigenvalue weighted by atomic mass is 35.5. The van der Waals surface area contributed by atoms with Crippen LogP contribution in [0.3, 0.4) is 0 Å². The summed E-state index contributed by atoms with van der Waals surface area (Å²) in [5, 5.41) is 3.17. The molecule has 1 unspecified atom stereocenters. The summed E-state index contributed by atoms with van der Waals surface area (Å²) in [4.78, 5) is 0.